The largest absolute Gasteiger partial charge is 0.497 e. The zero-order valence-corrected chi connectivity index (χ0v) is 14.5. The third kappa shape index (κ3) is 3.15. The fourth-order valence-corrected chi connectivity index (χ4v) is 3.47. The van der Waals surface area contributed by atoms with E-state index in [0.29, 0.717) is 18.5 Å². The quantitative estimate of drug-likeness (QED) is 0.660. The van der Waals surface area contributed by atoms with E-state index in [-0.39, 0.29) is 24.0 Å². The van der Waals surface area contributed by atoms with Crippen molar-refractivity contribution in [2.24, 2.45) is 5.92 Å². The summed E-state index contributed by atoms with van der Waals surface area (Å²) in [6, 6.07) is 12.9. The van der Waals surface area contributed by atoms with E-state index in [4.69, 9.17) is 4.74 Å². The molecule has 0 aliphatic heterocycles. The topological polar surface area (TPSA) is 87.2 Å². The molecule has 0 unspecified atom stereocenters. The summed E-state index contributed by atoms with van der Waals surface area (Å²) >= 11 is 0. The second-order valence-corrected chi connectivity index (χ2v) is 6.73. The molecule has 0 radical (unpaired) electrons. The first-order valence-corrected chi connectivity index (χ1v) is 8.70. The highest BCUT2D eigenvalue weighted by atomic mass is 16.5. The Bertz CT molecular complexity index is 916. The molecule has 134 valence electrons. The van der Waals surface area contributed by atoms with Gasteiger partial charge in [-0.3, -0.25) is 9.78 Å². The standard InChI is InChI=1S/C20H21N3O3/c1-26-15-5-6-16-12(10-15)11-18(22-16)20(25)23-19(13-8-14(24)9-13)17-4-2-3-7-21-17/h2-7,10-11,13-14,19,22,24H,8-9H2,1H3,(H,23,25)/t13?,14?,19-/m1/s1. The van der Waals surface area contributed by atoms with E-state index in [0.717, 1.165) is 22.3 Å². The number of aromatic nitrogens is 2. The van der Waals surface area contributed by atoms with E-state index in [1.54, 1.807) is 13.3 Å². The highest BCUT2D eigenvalue weighted by Crippen LogP contribution is 2.37. The van der Waals surface area contributed by atoms with Crippen LogP contribution >= 0.6 is 0 Å². The molecule has 0 spiro atoms. The van der Waals surface area contributed by atoms with Gasteiger partial charge in [-0.15, -0.1) is 0 Å². The van der Waals surface area contributed by atoms with Crippen molar-refractivity contribution < 1.29 is 14.6 Å². The van der Waals surface area contributed by atoms with Crippen molar-refractivity contribution in [3.05, 3.63) is 60.0 Å². The zero-order chi connectivity index (χ0) is 18.1. The Morgan fingerprint density at radius 3 is 2.85 bits per heavy atom. The summed E-state index contributed by atoms with van der Waals surface area (Å²) in [5.41, 5.74) is 2.19. The number of hydrogen-bond acceptors (Lipinski definition) is 4. The average molecular weight is 351 g/mol. The lowest BCUT2D eigenvalue weighted by atomic mass is 9.76. The number of ether oxygens (including phenoxy) is 1. The first-order chi connectivity index (χ1) is 12.6. The van der Waals surface area contributed by atoms with Gasteiger partial charge < -0.3 is 20.1 Å². The number of aromatic amines is 1. The average Bonchev–Trinajstić information content (AvgIpc) is 3.07. The van der Waals surface area contributed by atoms with Gasteiger partial charge in [0.1, 0.15) is 11.4 Å². The summed E-state index contributed by atoms with van der Waals surface area (Å²) in [7, 11) is 1.62. The van der Waals surface area contributed by atoms with Crippen LogP contribution in [0.15, 0.2) is 48.7 Å². The number of hydrogen-bond donors (Lipinski definition) is 3. The van der Waals surface area contributed by atoms with Crippen LogP contribution in [0.5, 0.6) is 5.75 Å². The Morgan fingerprint density at radius 2 is 2.15 bits per heavy atom. The summed E-state index contributed by atoms with van der Waals surface area (Å²) in [6.45, 7) is 0. The van der Waals surface area contributed by atoms with E-state index in [1.165, 1.54) is 0 Å². The van der Waals surface area contributed by atoms with Gasteiger partial charge in [0, 0.05) is 17.1 Å². The molecule has 3 aromatic rings. The van der Waals surface area contributed by atoms with Crippen LogP contribution in [0.3, 0.4) is 0 Å². The Balaban J connectivity index is 1.58. The van der Waals surface area contributed by atoms with Gasteiger partial charge in [-0.1, -0.05) is 6.07 Å². The predicted molar refractivity (Wildman–Crippen MR) is 98.0 cm³/mol. The number of rotatable bonds is 5. The summed E-state index contributed by atoms with van der Waals surface area (Å²) in [6.07, 6.45) is 2.78. The van der Waals surface area contributed by atoms with Gasteiger partial charge in [0.15, 0.2) is 0 Å². The fraction of sp³-hybridized carbons (Fsp3) is 0.300. The summed E-state index contributed by atoms with van der Waals surface area (Å²) < 4.78 is 5.23. The van der Waals surface area contributed by atoms with Crippen molar-refractivity contribution >= 4 is 16.8 Å². The van der Waals surface area contributed by atoms with Crippen LogP contribution in [-0.4, -0.2) is 34.2 Å². The van der Waals surface area contributed by atoms with Crippen molar-refractivity contribution in [2.45, 2.75) is 25.0 Å². The highest BCUT2D eigenvalue weighted by Gasteiger charge is 2.36. The molecule has 3 N–H and O–H groups in total. The molecule has 4 rings (SSSR count). The minimum atomic E-state index is -0.288. The zero-order valence-electron chi connectivity index (χ0n) is 14.5. The first-order valence-electron chi connectivity index (χ1n) is 8.70. The lowest BCUT2D eigenvalue weighted by molar-refractivity contribution is 0.0228. The fourth-order valence-electron chi connectivity index (χ4n) is 3.47. The molecule has 6 heteroatoms. The maximum atomic E-state index is 12.8. The first kappa shape index (κ1) is 16.6. The van der Waals surface area contributed by atoms with Crippen molar-refractivity contribution in [2.75, 3.05) is 7.11 Å². The number of pyridine rings is 1. The normalized spacial score (nSPS) is 20.4. The number of aliphatic hydroxyl groups is 1. The molecule has 1 fully saturated rings. The third-order valence-electron chi connectivity index (χ3n) is 4.99. The summed E-state index contributed by atoms with van der Waals surface area (Å²) in [5.74, 6) is 0.754. The molecule has 0 saturated heterocycles. The molecule has 1 saturated carbocycles. The number of methoxy groups -OCH3 is 1. The molecule has 2 heterocycles. The van der Waals surface area contributed by atoms with E-state index < -0.39 is 0 Å². The second-order valence-electron chi connectivity index (χ2n) is 6.73. The van der Waals surface area contributed by atoms with Crippen molar-refractivity contribution in [1.82, 2.24) is 15.3 Å². The van der Waals surface area contributed by atoms with Gasteiger partial charge in [-0.05, 0) is 55.2 Å². The van der Waals surface area contributed by atoms with Crippen LogP contribution in [0.1, 0.15) is 35.1 Å². The molecule has 1 atom stereocenters. The van der Waals surface area contributed by atoms with Crippen LogP contribution in [0, 0.1) is 5.92 Å². The molecular formula is C20H21N3O3. The van der Waals surface area contributed by atoms with Gasteiger partial charge >= 0.3 is 0 Å². The van der Waals surface area contributed by atoms with Gasteiger partial charge in [0.25, 0.3) is 5.91 Å². The number of H-pyrrole nitrogens is 1. The molecule has 2 aromatic heterocycles. The highest BCUT2D eigenvalue weighted by molar-refractivity contribution is 5.98. The monoisotopic (exact) mass is 351 g/mol. The molecule has 6 nitrogen and oxygen atoms in total. The van der Waals surface area contributed by atoms with Crippen molar-refractivity contribution in [1.29, 1.82) is 0 Å². The Labute approximate surface area is 151 Å². The van der Waals surface area contributed by atoms with E-state index in [2.05, 4.69) is 15.3 Å². The Hall–Kier alpha value is -2.86. The maximum Gasteiger partial charge on any atom is 0.268 e. The summed E-state index contributed by atoms with van der Waals surface area (Å²) in [4.78, 5) is 20.4. The summed E-state index contributed by atoms with van der Waals surface area (Å²) in [5, 5.41) is 13.7. The van der Waals surface area contributed by atoms with E-state index in [1.807, 2.05) is 42.5 Å². The van der Waals surface area contributed by atoms with Gasteiger partial charge in [0.05, 0.1) is 24.9 Å². The molecule has 26 heavy (non-hydrogen) atoms. The number of amides is 1. The molecule has 1 aliphatic carbocycles. The molecule has 1 aliphatic rings. The number of nitrogens with one attached hydrogen (secondary N) is 2. The molecule has 0 bridgehead atoms. The smallest absolute Gasteiger partial charge is 0.268 e. The Kier molecular flexibility index (Phi) is 4.34. The van der Waals surface area contributed by atoms with Crippen LogP contribution in [-0.2, 0) is 0 Å². The van der Waals surface area contributed by atoms with Crippen LogP contribution in [0.2, 0.25) is 0 Å². The molecule has 1 amide bonds. The minimum Gasteiger partial charge on any atom is -0.497 e. The van der Waals surface area contributed by atoms with Crippen LogP contribution < -0.4 is 10.1 Å². The number of aliphatic hydroxyl groups excluding tert-OH is 1. The number of benzene rings is 1. The molecular weight excluding hydrogens is 330 g/mol. The number of fused-ring (bicyclic) bond motifs is 1. The third-order valence-corrected chi connectivity index (χ3v) is 4.99. The SMILES string of the molecule is COc1ccc2[nH]c(C(=O)N[C@@H](c3ccccn3)C3CC(O)C3)cc2c1. The van der Waals surface area contributed by atoms with Gasteiger partial charge in [-0.2, -0.15) is 0 Å². The number of nitrogens with zero attached hydrogens (tertiary/aromatic N) is 1. The lowest BCUT2D eigenvalue weighted by Crippen LogP contribution is -2.41. The number of carbonyl (C=O) groups excluding carboxylic acids is 1. The van der Waals surface area contributed by atoms with Gasteiger partial charge in [-0.25, -0.2) is 0 Å². The lowest BCUT2D eigenvalue weighted by Gasteiger charge is -2.37. The van der Waals surface area contributed by atoms with Crippen molar-refractivity contribution in [3.63, 3.8) is 0 Å². The van der Waals surface area contributed by atoms with E-state index in [9.17, 15) is 9.90 Å². The van der Waals surface area contributed by atoms with Crippen LogP contribution in [0.4, 0.5) is 0 Å². The predicted octanol–water partition coefficient (Wildman–Crippen LogP) is 2.81. The van der Waals surface area contributed by atoms with Gasteiger partial charge in [0.2, 0.25) is 0 Å². The molecule has 1 aromatic carbocycles. The maximum absolute atomic E-state index is 12.8. The van der Waals surface area contributed by atoms with E-state index >= 15 is 0 Å². The van der Waals surface area contributed by atoms with Crippen LogP contribution in [0.25, 0.3) is 10.9 Å². The van der Waals surface area contributed by atoms with Crippen molar-refractivity contribution in [3.8, 4) is 5.75 Å². The second kappa shape index (κ2) is 6.80. The number of carbonyl (C=O) groups is 1. The minimum absolute atomic E-state index is 0.183. The Morgan fingerprint density at radius 1 is 1.31 bits per heavy atom.